The maximum absolute atomic E-state index is 4.10. The Kier molecular flexibility index (Phi) is 2.47. The van der Waals surface area contributed by atoms with E-state index >= 15 is 0 Å². The Morgan fingerprint density at radius 2 is 1.88 bits per heavy atom. The van der Waals surface area contributed by atoms with E-state index in [4.69, 9.17) is 0 Å². The van der Waals surface area contributed by atoms with Gasteiger partial charge in [0, 0.05) is 11.8 Å². The fraction of sp³-hybridized carbons (Fsp3) is 0.938. The highest BCUT2D eigenvalue weighted by Crippen LogP contribution is 2.69. The lowest BCUT2D eigenvalue weighted by atomic mass is 9.49. The molecule has 4 saturated carbocycles. The zero-order chi connectivity index (χ0) is 12.4. The van der Waals surface area contributed by atoms with Gasteiger partial charge < -0.3 is 5.32 Å². The van der Waals surface area contributed by atoms with Crippen LogP contribution in [0.4, 0.5) is 0 Å². The van der Waals surface area contributed by atoms with Crippen molar-refractivity contribution in [2.24, 2.45) is 34.5 Å². The highest BCUT2D eigenvalue weighted by Gasteiger charge is 2.64. The number of hydrogen-bond acceptors (Lipinski definition) is 0. The fourth-order valence-electron chi connectivity index (χ4n) is 6.10. The second kappa shape index (κ2) is 3.50. The summed E-state index contributed by atoms with van der Waals surface area (Å²) in [5.74, 6) is 3.90. The Labute approximate surface area is 107 Å². The molecule has 0 aromatic heterocycles. The number of rotatable bonds is 2. The van der Waals surface area contributed by atoms with Crippen LogP contribution in [0.3, 0.4) is 0 Å². The molecule has 1 nitrogen and oxygen atoms in total. The number of nitrogens with two attached hydrogens (primary N) is 1. The van der Waals surface area contributed by atoms with E-state index in [1.165, 1.54) is 25.7 Å². The van der Waals surface area contributed by atoms with Crippen molar-refractivity contribution < 1.29 is 5.32 Å². The first kappa shape index (κ1) is 12.0. The molecule has 0 heterocycles. The van der Waals surface area contributed by atoms with E-state index in [9.17, 15) is 0 Å². The lowest BCUT2D eigenvalue weighted by molar-refractivity contribution is -0.659. The Morgan fingerprint density at radius 3 is 2.41 bits per heavy atom. The van der Waals surface area contributed by atoms with E-state index in [0.717, 1.165) is 29.7 Å². The van der Waals surface area contributed by atoms with Crippen LogP contribution in [0, 0.1) is 41.5 Å². The summed E-state index contributed by atoms with van der Waals surface area (Å²) in [4.78, 5) is 0. The third kappa shape index (κ3) is 1.47. The van der Waals surface area contributed by atoms with Crippen LogP contribution in [0.25, 0.3) is 0 Å². The Bertz CT molecular complexity index is 323. The van der Waals surface area contributed by atoms with E-state index in [0.29, 0.717) is 10.8 Å². The Hall–Kier alpha value is -0.0400. The van der Waals surface area contributed by atoms with Gasteiger partial charge in [0.25, 0.3) is 0 Å². The van der Waals surface area contributed by atoms with Crippen molar-refractivity contribution in [3.8, 4) is 0 Å². The minimum Gasteiger partial charge on any atom is -0.476 e. The quantitative estimate of drug-likeness (QED) is 0.709. The molecule has 0 radical (unpaired) electrons. The summed E-state index contributed by atoms with van der Waals surface area (Å²) in [7, 11) is 4.10. The zero-order valence-electron chi connectivity index (χ0n) is 12.0. The van der Waals surface area contributed by atoms with Gasteiger partial charge in [0.05, 0.1) is 6.04 Å². The number of hydrogen-bond donors (Lipinski definition) is 1. The standard InChI is InChI=1S/C16H29N/c1-10(2)11-7-15(3)9-16(4)8-12(11)13(15)6-14(16)17-5/h10-14H,5-9,17H2,1-4H3/t11-,12?,13?,14?,15?,16?/m0/s1. The first-order valence-corrected chi connectivity index (χ1v) is 7.52. The van der Waals surface area contributed by atoms with E-state index in [1.807, 2.05) is 0 Å². The summed E-state index contributed by atoms with van der Waals surface area (Å²) in [6.07, 6.45) is 5.87. The molecule has 5 unspecified atom stereocenters. The van der Waals surface area contributed by atoms with Gasteiger partial charge >= 0.3 is 0 Å². The topological polar surface area (TPSA) is 16.6 Å². The molecule has 0 aromatic rings. The van der Waals surface area contributed by atoms with Crippen LogP contribution in [-0.4, -0.2) is 6.04 Å². The molecule has 4 aliphatic rings. The molecule has 0 aromatic carbocycles. The number of quaternary nitrogens is 1. The predicted octanol–water partition coefficient (Wildman–Crippen LogP) is 2.83. The first-order chi connectivity index (χ1) is 7.89. The third-order valence-corrected chi connectivity index (χ3v) is 6.72. The normalized spacial score (nSPS) is 56.8. The molecule has 6 atom stereocenters. The van der Waals surface area contributed by atoms with Crippen LogP contribution in [0.1, 0.15) is 53.4 Å². The van der Waals surface area contributed by atoms with Crippen LogP contribution in [0.2, 0.25) is 0 Å². The average molecular weight is 235 g/mol. The highest BCUT2D eigenvalue weighted by atomic mass is 14.9. The largest absolute Gasteiger partial charge is 0.476 e. The minimum absolute atomic E-state index is 0.569. The van der Waals surface area contributed by atoms with E-state index < -0.39 is 0 Å². The minimum atomic E-state index is 0.569. The van der Waals surface area contributed by atoms with Crippen molar-refractivity contribution in [2.45, 2.75) is 59.4 Å². The van der Waals surface area contributed by atoms with Gasteiger partial charge in [-0.3, -0.25) is 0 Å². The second-order valence-electron chi connectivity index (χ2n) is 8.15. The molecule has 4 bridgehead atoms. The fourth-order valence-corrected chi connectivity index (χ4v) is 6.10. The Morgan fingerprint density at radius 1 is 1.18 bits per heavy atom. The van der Waals surface area contributed by atoms with Crippen LogP contribution >= 0.6 is 0 Å². The van der Waals surface area contributed by atoms with Gasteiger partial charge in [-0.1, -0.05) is 27.7 Å². The van der Waals surface area contributed by atoms with Crippen molar-refractivity contribution in [1.82, 2.24) is 0 Å². The van der Waals surface area contributed by atoms with Gasteiger partial charge in [-0.05, 0) is 48.3 Å². The molecular weight excluding hydrogens is 206 g/mol. The molecular formula is C16H29N. The molecule has 4 aliphatic carbocycles. The number of fused-ring (bicyclic) bond motifs is 1. The summed E-state index contributed by atoms with van der Waals surface area (Å²) < 4.78 is 0. The van der Waals surface area contributed by atoms with Crippen molar-refractivity contribution in [3.63, 3.8) is 0 Å². The molecule has 0 aliphatic heterocycles. The van der Waals surface area contributed by atoms with E-state index in [1.54, 1.807) is 0 Å². The maximum Gasteiger partial charge on any atom is 0.0677 e. The van der Waals surface area contributed by atoms with Crippen LogP contribution in [-0.2, 0) is 0 Å². The average Bonchev–Trinajstić information content (AvgIpc) is 2.43. The second-order valence-corrected chi connectivity index (χ2v) is 8.15. The van der Waals surface area contributed by atoms with E-state index in [-0.39, 0.29) is 0 Å². The van der Waals surface area contributed by atoms with Gasteiger partial charge in [-0.25, -0.2) is 0 Å². The van der Waals surface area contributed by atoms with Gasteiger partial charge in [0.1, 0.15) is 0 Å². The van der Waals surface area contributed by atoms with Gasteiger partial charge in [0.2, 0.25) is 0 Å². The molecule has 2 N–H and O–H groups in total. The van der Waals surface area contributed by atoms with Crippen LogP contribution < -0.4 is 5.32 Å². The molecule has 0 amide bonds. The molecule has 98 valence electrons. The van der Waals surface area contributed by atoms with Gasteiger partial charge in [-0.15, -0.1) is 0 Å². The zero-order valence-corrected chi connectivity index (χ0v) is 12.0. The first-order valence-electron chi connectivity index (χ1n) is 7.52. The molecule has 4 rings (SSSR count). The monoisotopic (exact) mass is 235 g/mol. The van der Waals surface area contributed by atoms with Crippen LogP contribution in [0.5, 0.6) is 0 Å². The lowest BCUT2D eigenvalue weighted by Gasteiger charge is -2.57. The maximum atomic E-state index is 4.10. The van der Waals surface area contributed by atoms with E-state index in [2.05, 4.69) is 40.1 Å². The smallest absolute Gasteiger partial charge is 0.0677 e. The molecule has 4 fully saturated rings. The molecule has 0 spiro atoms. The Balaban J connectivity index is 1.94. The van der Waals surface area contributed by atoms with Gasteiger partial charge in [0.15, 0.2) is 0 Å². The lowest BCUT2D eigenvalue weighted by Crippen LogP contribution is -2.89. The van der Waals surface area contributed by atoms with Crippen LogP contribution in [0.15, 0.2) is 0 Å². The summed E-state index contributed by atoms with van der Waals surface area (Å²) in [5, 5.41) is 2.26. The van der Waals surface area contributed by atoms with Crippen molar-refractivity contribution in [1.29, 1.82) is 0 Å². The summed E-state index contributed by atoms with van der Waals surface area (Å²) in [6, 6.07) is 0.794. The summed E-state index contributed by atoms with van der Waals surface area (Å²) in [5.41, 5.74) is 1.23. The highest BCUT2D eigenvalue weighted by molar-refractivity contribution is 5.13. The third-order valence-electron chi connectivity index (χ3n) is 6.72. The SMILES string of the molecule is [CH2-][NH2+]C1CC2C3CC1(C)CC2(C)C[C@H]3C(C)C. The van der Waals surface area contributed by atoms with Crippen molar-refractivity contribution >= 4 is 0 Å². The van der Waals surface area contributed by atoms with Crippen molar-refractivity contribution in [3.05, 3.63) is 7.05 Å². The molecule has 17 heavy (non-hydrogen) atoms. The van der Waals surface area contributed by atoms with Crippen molar-refractivity contribution in [2.75, 3.05) is 0 Å². The molecule has 0 saturated heterocycles. The summed E-state index contributed by atoms with van der Waals surface area (Å²) in [6.45, 7) is 10.0. The summed E-state index contributed by atoms with van der Waals surface area (Å²) >= 11 is 0. The van der Waals surface area contributed by atoms with Gasteiger partial charge in [-0.2, -0.15) is 7.05 Å². The predicted molar refractivity (Wildman–Crippen MR) is 71.1 cm³/mol. The molecule has 1 heteroatoms.